The summed E-state index contributed by atoms with van der Waals surface area (Å²) in [4.78, 5) is 0. The molecule has 9 nitrogen and oxygen atoms in total. The van der Waals surface area contributed by atoms with Crippen molar-refractivity contribution in [2.75, 3.05) is 13.2 Å². The fourth-order valence-corrected chi connectivity index (χ4v) is 3.13. The molecule has 4 N–H and O–H groups in total. The van der Waals surface area contributed by atoms with Gasteiger partial charge in [-0.15, -0.1) is 5.10 Å². The van der Waals surface area contributed by atoms with Crippen LogP contribution in [-0.2, 0) is 11.2 Å². The van der Waals surface area contributed by atoms with E-state index in [4.69, 9.17) is 9.47 Å². The second-order valence-electron chi connectivity index (χ2n) is 6.54. The largest absolute Gasteiger partial charge is 0.494 e. The molecule has 1 aromatic heterocycles. The molecule has 2 aromatic rings. The number of hydrogen-bond donors (Lipinski definition) is 4. The third-order valence-corrected chi connectivity index (χ3v) is 4.74. The standard InChI is InChI=1S/C18H25N3O6/c1-3-26-12-6-4-11(5-7-12)8-13-10(2)21(20-19-13)18-17(25)16(24)15(23)14(9-22)27-18/h4-7,14-18,22-25H,3,8-9H2,1-2H3/t14-,15-,16+,17-,18-/m1/s1. The van der Waals surface area contributed by atoms with Crippen LogP contribution in [0.5, 0.6) is 5.75 Å². The molecule has 0 radical (unpaired) electrons. The van der Waals surface area contributed by atoms with E-state index in [0.29, 0.717) is 24.4 Å². The van der Waals surface area contributed by atoms with E-state index in [9.17, 15) is 20.4 Å². The smallest absolute Gasteiger partial charge is 0.181 e. The highest BCUT2D eigenvalue weighted by atomic mass is 16.6. The van der Waals surface area contributed by atoms with Crippen molar-refractivity contribution in [3.8, 4) is 5.75 Å². The fourth-order valence-electron chi connectivity index (χ4n) is 3.13. The predicted octanol–water partition coefficient (Wildman–Crippen LogP) is -0.452. The average Bonchev–Trinajstić information content (AvgIpc) is 3.02. The quantitative estimate of drug-likeness (QED) is 0.531. The molecule has 9 heteroatoms. The first-order valence-corrected chi connectivity index (χ1v) is 8.89. The van der Waals surface area contributed by atoms with Crippen LogP contribution in [-0.4, -0.2) is 73.0 Å². The molecule has 1 fully saturated rings. The van der Waals surface area contributed by atoms with Gasteiger partial charge in [-0.25, -0.2) is 4.68 Å². The van der Waals surface area contributed by atoms with Crippen molar-refractivity contribution < 1.29 is 29.9 Å². The Bertz CT molecular complexity index is 748. The molecule has 0 amide bonds. The molecule has 1 saturated heterocycles. The van der Waals surface area contributed by atoms with Crippen molar-refractivity contribution in [3.05, 3.63) is 41.2 Å². The summed E-state index contributed by atoms with van der Waals surface area (Å²) >= 11 is 0. The first-order chi connectivity index (χ1) is 13.0. The second-order valence-corrected chi connectivity index (χ2v) is 6.54. The van der Waals surface area contributed by atoms with Crippen molar-refractivity contribution in [1.29, 1.82) is 0 Å². The van der Waals surface area contributed by atoms with Crippen LogP contribution in [0.2, 0.25) is 0 Å². The van der Waals surface area contributed by atoms with Crippen LogP contribution >= 0.6 is 0 Å². The number of aromatic nitrogens is 3. The molecule has 0 saturated carbocycles. The summed E-state index contributed by atoms with van der Waals surface area (Å²) in [6.45, 7) is 3.82. The summed E-state index contributed by atoms with van der Waals surface area (Å²) in [6, 6.07) is 7.65. The lowest BCUT2D eigenvalue weighted by Gasteiger charge is -2.39. The number of ether oxygens (including phenoxy) is 2. The maximum absolute atomic E-state index is 10.3. The lowest BCUT2D eigenvalue weighted by Crippen LogP contribution is -2.56. The SMILES string of the molecule is CCOc1ccc(Cc2nnn([C@@H]3O[C@H](CO)[C@@H](O)[C@H](O)[C@H]3O)c2C)cc1. The maximum atomic E-state index is 10.3. The third-order valence-electron chi connectivity index (χ3n) is 4.74. The van der Waals surface area contributed by atoms with Gasteiger partial charge in [0.25, 0.3) is 0 Å². The van der Waals surface area contributed by atoms with Gasteiger partial charge in [0.05, 0.1) is 24.6 Å². The van der Waals surface area contributed by atoms with Crippen LogP contribution in [0.3, 0.4) is 0 Å². The van der Waals surface area contributed by atoms with E-state index in [1.54, 1.807) is 6.92 Å². The predicted molar refractivity (Wildman–Crippen MR) is 94.2 cm³/mol. The van der Waals surface area contributed by atoms with Gasteiger partial charge < -0.3 is 29.9 Å². The number of hydrogen-bond acceptors (Lipinski definition) is 8. The fraction of sp³-hybridized carbons (Fsp3) is 0.556. The van der Waals surface area contributed by atoms with Crippen LogP contribution in [0.4, 0.5) is 0 Å². The summed E-state index contributed by atoms with van der Waals surface area (Å²) in [5.74, 6) is 0.794. The van der Waals surface area contributed by atoms with Gasteiger partial charge in [-0.05, 0) is 31.5 Å². The third kappa shape index (κ3) is 3.97. The van der Waals surface area contributed by atoms with Crippen LogP contribution in [0.15, 0.2) is 24.3 Å². The van der Waals surface area contributed by atoms with Crippen LogP contribution < -0.4 is 4.74 Å². The van der Waals surface area contributed by atoms with E-state index < -0.39 is 37.3 Å². The van der Waals surface area contributed by atoms with E-state index in [0.717, 1.165) is 11.3 Å². The molecule has 1 aliphatic heterocycles. The number of benzene rings is 1. The molecule has 0 aliphatic carbocycles. The first kappa shape index (κ1) is 19.7. The molecule has 1 aliphatic rings. The summed E-state index contributed by atoms with van der Waals surface area (Å²) in [6.07, 6.45) is -5.79. The van der Waals surface area contributed by atoms with Gasteiger partial charge in [0.2, 0.25) is 0 Å². The molecule has 3 rings (SSSR count). The van der Waals surface area contributed by atoms with E-state index in [1.165, 1.54) is 4.68 Å². The first-order valence-electron chi connectivity index (χ1n) is 8.89. The molecule has 27 heavy (non-hydrogen) atoms. The molecule has 1 aromatic carbocycles. The lowest BCUT2D eigenvalue weighted by molar-refractivity contribution is -0.254. The van der Waals surface area contributed by atoms with Gasteiger partial charge >= 0.3 is 0 Å². The van der Waals surface area contributed by atoms with E-state index in [-0.39, 0.29) is 0 Å². The minimum atomic E-state index is -1.46. The molecule has 0 unspecified atom stereocenters. The van der Waals surface area contributed by atoms with E-state index >= 15 is 0 Å². The molecule has 2 heterocycles. The number of aliphatic hydroxyl groups is 4. The van der Waals surface area contributed by atoms with E-state index in [1.807, 2.05) is 31.2 Å². The Morgan fingerprint density at radius 3 is 2.44 bits per heavy atom. The zero-order valence-electron chi connectivity index (χ0n) is 15.3. The summed E-state index contributed by atoms with van der Waals surface area (Å²) in [5.41, 5.74) is 2.37. The second kappa shape index (κ2) is 8.32. The Morgan fingerprint density at radius 1 is 1.11 bits per heavy atom. The minimum Gasteiger partial charge on any atom is -0.494 e. The topological polar surface area (TPSA) is 130 Å². The zero-order valence-corrected chi connectivity index (χ0v) is 15.3. The molecular formula is C18H25N3O6. The van der Waals surface area contributed by atoms with Crippen molar-refractivity contribution in [2.24, 2.45) is 0 Å². The van der Waals surface area contributed by atoms with Gasteiger partial charge in [0, 0.05) is 6.42 Å². The lowest BCUT2D eigenvalue weighted by atomic mass is 9.98. The van der Waals surface area contributed by atoms with Crippen LogP contribution in [0.25, 0.3) is 0 Å². The number of nitrogens with zero attached hydrogens (tertiary/aromatic N) is 3. The number of rotatable bonds is 6. The highest BCUT2D eigenvalue weighted by molar-refractivity contribution is 5.30. The normalized spacial score (nSPS) is 28.3. The monoisotopic (exact) mass is 379 g/mol. The van der Waals surface area contributed by atoms with Gasteiger partial charge in [-0.1, -0.05) is 17.3 Å². The number of aliphatic hydroxyl groups excluding tert-OH is 4. The Hall–Kier alpha value is -2.04. The van der Waals surface area contributed by atoms with Crippen molar-refractivity contribution in [1.82, 2.24) is 15.0 Å². The molecule has 5 atom stereocenters. The van der Waals surface area contributed by atoms with Gasteiger partial charge in [0.15, 0.2) is 6.23 Å². The van der Waals surface area contributed by atoms with Gasteiger partial charge in [-0.2, -0.15) is 0 Å². The van der Waals surface area contributed by atoms with Crippen molar-refractivity contribution in [3.63, 3.8) is 0 Å². The van der Waals surface area contributed by atoms with Gasteiger partial charge in [0.1, 0.15) is 30.2 Å². The summed E-state index contributed by atoms with van der Waals surface area (Å²) in [7, 11) is 0. The zero-order chi connectivity index (χ0) is 19.6. The molecule has 0 spiro atoms. The van der Waals surface area contributed by atoms with Crippen molar-refractivity contribution in [2.45, 2.75) is 50.9 Å². The molecular weight excluding hydrogens is 354 g/mol. The summed E-state index contributed by atoms with van der Waals surface area (Å²) < 4.78 is 12.3. The molecule has 148 valence electrons. The minimum absolute atomic E-state index is 0.492. The van der Waals surface area contributed by atoms with E-state index in [2.05, 4.69) is 10.3 Å². The maximum Gasteiger partial charge on any atom is 0.181 e. The summed E-state index contributed by atoms with van der Waals surface area (Å²) in [5, 5.41) is 47.7. The highest BCUT2D eigenvalue weighted by Crippen LogP contribution is 2.29. The Morgan fingerprint density at radius 2 is 1.81 bits per heavy atom. The molecule has 0 bridgehead atoms. The Labute approximate surface area is 156 Å². The van der Waals surface area contributed by atoms with Crippen molar-refractivity contribution >= 4 is 0 Å². The average molecular weight is 379 g/mol. The Kier molecular flexibility index (Phi) is 6.08. The van der Waals surface area contributed by atoms with Crippen LogP contribution in [0.1, 0.15) is 30.1 Å². The van der Waals surface area contributed by atoms with Gasteiger partial charge in [-0.3, -0.25) is 0 Å². The highest BCUT2D eigenvalue weighted by Gasteiger charge is 2.45. The van der Waals surface area contributed by atoms with Crippen LogP contribution in [0, 0.1) is 6.92 Å². The Balaban J connectivity index is 1.78.